The third kappa shape index (κ3) is 3.80. The largest absolute Gasteiger partial charge is 0.302 e. The first-order valence-electron chi connectivity index (χ1n) is 7.53. The van der Waals surface area contributed by atoms with Gasteiger partial charge in [-0.25, -0.2) is 13.4 Å². The van der Waals surface area contributed by atoms with Crippen molar-refractivity contribution in [2.75, 3.05) is 10.0 Å². The third-order valence-electron chi connectivity index (χ3n) is 3.71. The van der Waals surface area contributed by atoms with Gasteiger partial charge in [-0.2, -0.15) is 0 Å². The number of nitrogens with one attached hydrogen (secondary N) is 2. The maximum Gasteiger partial charge on any atom is 0.261 e. The van der Waals surface area contributed by atoms with Crippen molar-refractivity contribution in [2.45, 2.75) is 25.7 Å². The Labute approximate surface area is 150 Å². The van der Waals surface area contributed by atoms with Crippen LogP contribution in [0.3, 0.4) is 0 Å². The fourth-order valence-corrected chi connectivity index (χ4v) is 4.37. The van der Waals surface area contributed by atoms with E-state index < -0.39 is 10.0 Å². The topological polar surface area (TPSA) is 88.2 Å². The molecule has 0 aliphatic heterocycles. The second-order valence-corrected chi connectivity index (χ2v) is 8.45. The van der Waals surface area contributed by atoms with E-state index in [4.69, 9.17) is 0 Å². The summed E-state index contributed by atoms with van der Waals surface area (Å²) < 4.78 is 28.5. The summed E-state index contributed by atoms with van der Waals surface area (Å²) in [6.07, 6.45) is 0. The second-order valence-electron chi connectivity index (χ2n) is 5.73. The lowest BCUT2D eigenvalue weighted by atomic mass is 10.1. The number of thiazole rings is 1. The Morgan fingerprint density at radius 1 is 1.08 bits per heavy atom. The van der Waals surface area contributed by atoms with Gasteiger partial charge in [0.1, 0.15) is 0 Å². The Balaban J connectivity index is 1.90. The summed E-state index contributed by atoms with van der Waals surface area (Å²) in [5.74, 6) is -0.199. The predicted octanol–water partition coefficient (Wildman–Crippen LogP) is 3.67. The molecule has 0 radical (unpaired) electrons. The summed E-state index contributed by atoms with van der Waals surface area (Å²) in [6.45, 7) is 5.22. The van der Waals surface area contributed by atoms with Gasteiger partial charge in [-0.15, -0.1) is 0 Å². The highest BCUT2D eigenvalue weighted by molar-refractivity contribution is 7.92. The molecule has 0 unspecified atom stereocenters. The molecule has 8 heteroatoms. The highest BCUT2D eigenvalue weighted by atomic mass is 32.2. The number of carbonyl (C=O) groups is 1. The van der Waals surface area contributed by atoms with Crippen molar-refractivity contribution in [2.24, 2.45) is 0 Å². The minimum absolute atomic E-state index is 0.199. The number of anilines is 2. The fraction of sp³-hybridized carbons (Fsp3) is 0.176. The Hall–Kier alpha value is -2.45. The standard InChI is InChI=1S/C17H17N3O3S2/c1-10-4-6-14(8-11(10)2)25(22,23)20-13-5-7-15-16(9-13)24-17(19-15)18-12(3)21/h4-9,20H,1-3H3,(H,18,19,21). The molecule has 0 aliphatic carbocycles. The first-order chi connectivity index (χ1) is 11.7. The lowest BCUT2D eigenvalue weighted by Crippen LogP contribution is -2.13. The van der Waals surface area contributed by atoms with Crippen LogP contribution in [0.5, 0.6) is 0 Å². The van der Waals surface area contributed by atoms with E-state index in [1.165, 1.54) is 18.3 Å². The van der Waals surface area contributed by atoms with Gasteiger partial charge in [0.15, 0.2) is 5.13 Å². The first kappa shape index (κ1) is 17.4. The zero-order valence-electron chi connectivity index (χ0n) is 14.0. The molecule has 0 spiro atoms. The second kappa shape index (κ2) is 6.45. The van der Waals surface area contributed by atoms with Crippen LogP contribution in [0.15, 0.2) is 41.3 Å². The SMILES string of the molecule is CC(=O)Nc1nc2ccc(NS(=O)(=O)c3ccc(C)c(C)c3)cc2s1. The highest BCUT2D eigenvalue weighted by Crippen LogP contribution is 2.29. The quantitative estimate of drug-likeness (QED) is 0.728. The van der Waals surface area contributed by atoms with E-state index in [2.05, 4.69) is 15.0 Å². The number of hydrogen-bond acceptors (Lipinski definition) is 5. The van der Waals surface area contributed by atoms with Crippen LogP contribution in [0.2, 0.25) is 0 Å². The van der Waals surface area contributed by atoms with Crippen molar-refractivity contribution in [3.63, 3.8) is 0 Å². The third-order valence-corrected chi connectivity index (χ3v) is 6.02. The molecule has 2 aromatic carbocycles. The molecule has 25 heavy (non-hydrogen) atoms. The molecular formula is C17H17N3O3S2. The van der Waals surface area contributed by atoms with E-state index in [1.54, 1.807) is 36.4 Å². The lowest BCUT2D eigenvalue weighted by Gasteiger charge is -2.09. The Bertz CT molecular complexity index is 1070. The molecule has 6 nitrogen and oxygen atoms in total. The van der Waals surface area contributed by atoms with Gasteiger partial charge in [-0.3, -0.25) is 9.52 Å². The molecule has 0 saturated carbocycles. The monoisotopic (exact) mass is 375 g/mol. The number of fused-ring (bicyclic) bond motifs is 1. The van der Waals surface area contributed by atoms with E-state index in [0.717, 1.165) is 15.8 Å². The number of amides is 1. The normalized spacial score (nSPS) is 11.5. The maximum absolute atomic E-state index is 12.6. The van der Waals surface area contributed by atoms with Crippen molar-refractivity contribution >= 4 is 48.3 Å². The highest BCUT2D eigenvalue weighted by Gasteiger charge is 2.15. The average Bonchev–Trinajstić information content (AvgIpc) is 2.90. The van der Waals surface area contributed by atoms with Crippen molar-refractivity contribution in [1.29, 1.82) is 0 Å². The molecule has 3 rings (SSSR count). The zero-order valence-corrected chi connectivity index (χ0v) is 15.6. The lowest BCUT2D eigenvalue weighted by molar-refractivity contribution is -0.114. The molecule has 0 bridgehead atoms. The molecule has 1 aromatic heterocycles. The molecule has 0 saturated heterocycles. The van der Waals surface area contributed by atoms with Gasteiger partial charge in [0, 0.05) is 6.92 Å². The first-order valence-corrected chi connectivity index (χ1v) is 9.83. The number of sulfonamides is 1. The number of carbonyl (C=O) groups excluding carboxylic acids is 1. The van der Waals surface area contributed by atoms with E-state index in [-0.39, 0.29) is 10.8 Å². The molecule has 0 aliphatic rings. The van der Waals surface area contributed by atoms with E-state index in [0.29, 0.717) is 16.3 Å². The van der Waals surface area contributed by atoms with E-state index >= 15 is 0 Å². The van der Waals surface area contributed by atoms with Crippen molar-refractivity contribution in [3.05, 3.63) is 47.5 Å². The summed E-state index contributed by atoms with van der Waals surface area (Å²) >= 11 is 1.29. The smallest absolute Gasteiger partial charge is 0.261 e. The van der Waals surface area contributed by atoms with Crippen LogP contribution in [0.1, 0.15) is 18.1 Å². The molecular weight excluding hydrogens is 358 g/mol. The number of aromatic nitrogens is 1. The zero-order chi connectivity index (χ0) is 18.2. The van der Waals surface area contributed by atoms with Gasteiger partial charge in [-0.05, 0) is 55.3 Å². The summed E-state index contributed by atoms with van der Waals surface area (Å²) in [7, 11) is -3.67. The summed E-state index contributed by atoms with van der Waals surface area (Å²) in [4.78, 5) is 15.6. The minimum Gasteiger partial charge on any atom is -0.302 e. The van der Waals surface area contributed by atoms with Crippen LogP contribution < -0.4 is 10.0 Å². The van der Waals surface area contributed by atoms with Crippen molar-refractivity contribution in [1.82, 2.24) is 4.98 Å². The molecule has 2 N–H and O–H groups in total. The number of aryl methyl sites for hydroxylation is 2. The number of rotatable bonds is 4. The fourth-order valence-electron chi connectivity index (χ4n) is 2.29. The predicted molar refractivity (Wildman–Crippen MR) is 101 cm³/mol. The van der Waals surface area contributed by atoms with E-state index in [9.17, 15) is 13.2 Å². The average molecular weight is 375 g/mol. The Morgan fingerprint density at radius 3 is 2.52 bits per heavy atom. The van der Waals surface area contributed by atoms with Gasteiger partial charge < -0.3 is 5.32 Å². The Kier molecular flexibility index (Phi) is 4.49. The number of hydrogen-bond donors (Lipinski definition) is 2. The van der Waals surface area contributed by atoms with Gasteiger partial charge in [0.25, 0.3) is 10.0 Å². The molecule has 3 aromatic rings. The number of benzene rings is 2. The summed E-state index contributed by atoms with van der Waals surface area (Å²) in [6, 6.07) is 10.1. The van der Waals surface area contributed by atoms with E-state index in [1.807, 2.05) is 13.8 Å². The van der Waals surface area contributed by atoms with Gasteiger partial charge in [0.2, 0.25) is 5.91 Å². The van der Waals surface area contributed by atoms with Crippen LogP contribution in [-0.2, 0) is 14.8 Å². The van der Waals surface area contributed by atoms with Gasteiger partial charge in [-0.1, -0.05) is 17.4 Å². The Morgan fingerprint density at radius 2 is 1.84 bits per heavy atom. The molecule has 1 amide bonds. The summed E-state index contributed by atoms with van der Waals surface area (Å²) in [5, 5.41) is 3.11. The van der Waals surface area contributed by atoms with Gasteiger partial charge >= 0.3 is 0 Å². The van der Waals surface area contributed by atoms with Crippen LogP contribution >= 0.6 is 11.3 Å². The van der Waals surface area contributed by atoms with Crippen molar-refractivity contribution in [3.8, 4) is 0 Å². The van der Waals surface area contributed by atoms with Gasteiger partial charge in [0.05, 0.1) is 20.8 Å². The molecule has 130 valence electrons. The maximum atomic E-state index is 12.6. The molecule has 0 fully saturated rings. The van der Waals surface area contributed by atoms with Crippen LogP contribution in [0.25, 0.3) is 10.2 Å². The molecule has 0 atom stereocenters. The van der Waals surface area contributed by atoms with Crippen LogP contribution in [-0.4, -0.2) is 19.3 Å². The summed E-state index contributed by atoms with van der Waals surface area (Å²) in [5.41, 5.74) is 3.10. The minimum atomic E-state index is -3.67. The van der Waals surface area contributed by atoms with Crippen LogP contribution in [0.4, 0.5) is 10.8 Å². The molecule has 1 heterocycles. The van der Waals surface area contributed by atoms with Crippen molar-refractivity contribution < 1.29 is 13.2 Å². The number of nitrogens with zero attached hydrogens (tertiary/aromatic N) is 1. The van der Waals surface area contributed by atoms with Crippen LogP contribution in [0, 0.1) is 13.8 Å².